The van der Waals surface area contributed by atoms with Gasteiger partial charge in [0.2, 0.25) is 0 Å². The smallest absolute Gasteiger partial charge is 0.260 e. The number of anilines is 1. The molecule has 1 saturated heterocycles. The second kappa shape index (κ2) is 12.0. The van der Waals surface area contributed by atoms with E-state index in [4.69, 9.17) is 4.42 Å². The minimum Gasteiger partial charge on any atom is -0.455 e. The predicted molar refractivity (Wildman–Crippen MR) is 167 cm³/mol. The number of rotatable bonds is 7. The molecule has 2 aromatic heterocycles. The molecule has 0 saturated carbocycles. The average Bonchev–Trinajstić information content (AvgIpc) is 3.53. The molecule has 9 nitrogen and oxygen atoms in total. The van der Waals surface area contributed by atoms with E-state index in [0.29, 0.717) is 53.9 Å². The van der Waals surface area contributed by atoms with Gasteiger partial charge in [0, 0.05) is 63.4 Å². The van der Waals surface area contributed by atoms with Gasteiger partial charge in [-0.3, -0.25) is 4.79 Å². The van der Waals surface area contributed by atoms with Crippen molar-refractivity contribution in [3.05, 3.63) is 65.4 Å². The van der Waals surface area contributed by atoms with E-state index >= 15 is 0 Å². The molecule has 0 radical (unpaired) electrons. The van der Waals surface area contributed by atoms with Crippen LogP contribution in [0.5, 0.6) is 0 Å². The molecule has 0 spiro atoms. The Bertz CT molecular complexity index is 1770. The third-order valence-electron chi connectivity index (χ3n) is 8.62. The first-order chi connectivity index (χ1) is 20.7. The van der Waals surface area contributed by atoms with Crippen LogP contribution >= 0.6 is 11.9 Å². The maximum Gasteiger partial charge on any atom is 0.260 e. The van der Waals surface area contributed by atoms with Crippen LogP contribution in [0.25, 0.3) is 22.3 Å². The Morgan fingerprint density at radius 2 is 1.93 bits per heavy atom. The van der Waals surface area contributed by atoms with Gasteiger partial charge in [0.1, 0.15) is 23.0 Å². The van der Waals surface area contributed by atoms with E-state index in [-0.39, 0.29) is 22.7 Å². The number of sulfonamides is 1. The predicted octanol–water partition coefficient (Wildman–Crippen LogP) is 5.80. The van der Waals surface area contributed by atoms with Crippen LogP contribution < -0.4 is 9.62 Å². The van der Waals surface area contributed by atoms with Gasteiger partial charge in [-0.2, -0.15) is 4.31 Å². The summed E-state index contributed by atoms with van der Waals surface area (Å²) in [5.74, 6) is 0.405. The largest absolute Gasteiger partial charge is 0.455 e. The number of nitrogens with zero attached hydrogens (tertiary/aromatic N) is 4. The number of hydrogen-bond acceptors (Lipinski definition) is 7. The summed E-state index contributed by atoms with van der Waals surface area (Å²) in [5.41, 5.74) is 3.33. The number of nitrogens with one attached hydrogen (secondary N) is 1. The Labute approximate surface area is 255 Å². The fourth-order valence-corrected chi connectivity index (χ4v) is 8.35. The summed E-state index contributed by atoms with van der Waals surface area (Å²) in [7, 11) is -0.239. The van der Waals surface area contributed by atoms with E-state index in [2.05, 4.69) is 10.3 Å². The molecular weight excluding hydrogens is 590 g/mol. The maximum atomic E-state index is 14.0. The summed E-state index contributed by atoms with van der Waals surface area (Å²) in [6.07, 6.45) is 8.83. The molecule has 1 unspecified atom stereocenters. The highest BCUT2D eigenvalue weighted by Crippen LogP contribution is 2.43. The van der Waals surface area contributed by atoms with Crippen molar-refractivity contribution >= 4 is 44.5 Å². The van der Waals surface area contributed by atoms with Crippen LogP contribution in [0, 0.1) is 5.82 Å². The molecule has 0 bridgehead atoms. The molecule has 2 aliphatic rings. The van der Waals surface area contributed by atoms with Crippen molar-refractivity contribution in [2.24, 2.45) is 0 Å². The zero-order valence-electron chi connectivity index (χ0n) is 24.6. The molecule has 4 aromatic rings. The van der Waals surface area contributed by atoms with E-state index in [1.54, 1.807) is 23.5 Å². The Balaban J connectivity index is 1.43. The van der Waals surface area contributed by atoms with Gasteiger partial charge in [-0.1, -0.05) is 18.4 Å². The van der Waals surface area contributed by atoms with Crippen molar-refractivity contribution < 1.29 is 22.0 Å². The summed E-state index contributed by atoms with van der Waals surface area (Å²) >= 11 is 1.53. The lowest BCUT2D eigenvalue weighted by Crippen LogP contribution is -2.40. The number of halogens is 1. The lowest BCUT2D eigenvalue weighted by molar-refractivity contribution is 0.0964. The third-order valence-corrected chi connectivity index (χ3v) is 11.2. The monoisotopic (exact) mass is 625 g/mol. The van der Waals surface area contributed by atoms with E-state index in [0.717, 1.165) is 49.2 Å². The number of carbonyl (C=O) groups excluding carboxylic acids is 1. The first kappa shape index (κ1) is 29.7. The molecule has 2 aliphatic heterocycles. The number of amides is 1. The molecule has 12 heteroatoms. The molecule has 0 aliphatic carbocycles. The summed E-state index contributed by atoms with van der Waals surface area (Å²) in [5, 5.41) is 3.63. The van der Waals surface area contributed by atoms with Gasteiger partial charge in [-0.05, 0) is 67.5 Å². The molecule has 6 rings (SSSR count). The first-order valence-electron chi connectivity index (χ1n) is 14.6. The summed E-state index contributed by atoms with van der Waals surface area (Å²) in [6, 6.07) is 9.76. The van der Waals surface area contributed by atoms with Crippen LogP contribution in [0.4, 0.5) is 10.1 Å². The van der Waals surface area contributed by atoms with Crippen LogP contribution in [-0.2, 0) is 23.0 Å². The number of aryl methyl sites for hydroxylation is 1. The number of benzene rings is 2. The van der Waals surface area contributed by atoms with Gasteiger partial charge in [0.05, 0.1) is 17.4 Å². The minimum absolute atomic E-state index is 0.106. The Kier molecular flexibility index (Phi) is 8.27. The number of imidazole rings is 1. The minimum atomic E-state index is -3.76. The van der Waals surface area contributed by atoms with Crippen molar-refractivity contribution in [2.75, 3.05) is 37.7 Å². The number of piperidine rings is 1. The Morgan fingerprint density at radius 1 is 1.14 bits per heavy atom. The van der Waals surface area contributed by atoms with Crippen molar-refractivity contribution in [2.45, 2.75) is 56.0 Å². The molecular formula is C31H36FN5O4S2. The first-order valence-corrected chi connectivity index (χ1v) is 17.3. The molecule has 1 N–H and O–H groups in total. The van der Waals surface area contributed by atoms with Crippen molar-refractivity contribution in [3.8, 4) is 11.3 Å². The van der Waals surface area contributed by atoms with Gasteiger partial charge in [-0.15, -0.1) is 0 Å². The zero-order chi connectivity index (χ0) is 30.3. The van der Waals surface area contributed by atoms with Gasteiger partial charge < -0.3 is 18.6 Å². The molecule has 228 valence electrons. The lowest BCUT2D eigenvalue weighted by atomic mass is 9.89. The molecule has 1 atom stereocenters. The Morgan fingerprint density at radius 3 is 2.67 bits per heavy atom. The standard InChI is InChI=1S/C31H36FN5O4S2/c1-33-31(38)29-24-16-23(25(35(2)42-3)17-26(24)41-30(29)20-10-12-22(32)13-11-20)21-8-7-14-36(19-21)43(39,40)28-18-34-27-9-5-4-6-15-37(27)28/h10-13,16-18,21H,4-9,14-15,19H2,1-3H3,(H,33,38). The SMILES string of the molecule is CNC(=O)c1c(-c2ccc(F)cc2)oc2cc(N(C)SC)c(C3CCCN(S(=O)(=O)c4cnc5n4CCCCC5)C3)cc12. The summed E-state index contributed by atoms with van der Waals surface area (Å²) < 4.78 is 53.5. The van der Waals surface area contributed by atoms with Crippen molar-refractivity contribution in [1.82, 2.24) is 19.2 Å². The molecule has 43 heavy (non-hydrogen) atoms. The van der Waals surface area contributed by atoms with Crippen LogP contribution in [0.15, 0.2) is 52.0 Å². The number of fused-ring (bicyclic) bond motifs is 2. The van der Waals surface area contributed by atoms with Crippen molar-refractivity contribution in [3.63, 3.8) is 0 Å². The molecule has 2 aromatic carbocycles. The van der Waals surface area contributed by atoms with Crippen LogP contribution in [0.1, 0.15) is 59.8 Å². The van der Waals surface area contributed by atoms with E-state index < -0.39 is 10.0 Å². The second-order valence-electron chi connectivity index (χ2n) is 11.2. The molecule has 1 amide bonds. The van der Waals surface area contributed by atoms with Crippen LogP contribution in [-0.4, -0.2) is 61.6 Å². The fraction of sp³-hybridized carbons (Fsp3) is 0.419. The van der Waals surface area contributed by atoms with Gasteiger partial charge >= 0.3 is 0 Å². The van der Waals surface area contributed by atoms with Crippen LogP contribution in [0.2, 0.25) is 0 Å². The van der Waals surface area contributed by atoms with E-state index in [9.17, 15) is 17.6 Å². The lowest BCUT2D eigenvalue weighted by Gasteiger charge is -2.34. The fourth-order valence-electron chi connectivity index (χ4n) is 6.32. The number of aromatic nitrogens is 2. The van der Waals surface area contributed by atoms with Crippen molar-refractivity contribution in [1.29, 1.82) is 0 Å². The molecule has 4 heterocycles. The number of furan rings is 1. The van der Waals surface area contributed by atoms with E-state index in [1.807, 2.05) is 34.3 Å². The van der Waals surface area contributed by atoms with Gasteiger partial charge in [0.25, 0.3) is 15.9 Å². The quantitative estimate of drug-likeness (QED) is 0.259. The maximum absolute atomic E-state index is 14.0. The van der Waals surface area contributed by atoms with Gasteiger partial charge in [0.15, 0.2) is 5.03 Å². The number of hydrogen-bond donors (Lipinski definition) is 1. The zero-order valence-corrected chi connectivity index (χ0v) is 26.2. The topological polar surface area (TPSA) is 101 Å². The second-order valence-corrected chi connectivity index (χ2v) is 14.0. The highest BCUT2D eigenvalue weighted by Gasteiger charge is 2.36. The summed E-state index contributed by atoms with van der Waals surface area (Å²) in [4.78, 5) is 17.7. The highest BCUT2D eigenvalue weighted by molar-refractivity contribution is 7.99. The Hall–Kier alpha value is -3.35. The van der Waals surface area contributed by atoms with Gasteiger partial charge in [-0.25, -0.2) is 17.8 Å². The highest BCUT2D eigenvalue weighted by atomic mass is 32.2. The summed E-state index contributed by atoms with van der Waals surface area (Å²) in [6.45, 7) is 1.43. The number of carbonyl (C=O) groups is 1. The van der Waals surface area contributed by atoms with Crippen LogP contribution in [0.3, 0.4) is 0 Å². The normalized spacial score (nSPS) is 17.9. The molecule has 1 fully saturated rings. The van der Waals surface area contributed by atoms with E-state index in [1.165, 1.54) is 30.3 Å². The average molecular weight is 626 g/mol. The third kappa shape index (κ3) is 5.44.